The number of aromatic nitrogens is 1. The molecule has 1 N–H and O–H groups in total. The highest BCUT2D eigenvalue weighted by molar-refractivity contribution is 6.33. The van der Waals surface area contributed by atoms with Gasteiger partial charge in [-0.2, -0.15) is 0 Å². The zero-order chi connectivity index (χ0) is 16.1. The minimum absolute atomic E-state index is 0.0332. The number of carbonyl (C=O) groups excluding carboxylic acids is 1. The number of hydrogen-bond acceptors (Lipinski definition) is 3. The fraction of sp³-hybridized carbons (Fsp3) is 0.412. The lowest BCUT2D eigenvalue weighted by Crippen LogP contribution is -2.40. The van der Waals surface area contributed by atoms with E-state index in [1.807, 2.05) is 29.2 Å². The number of likely N-dealkylation sites (tertiary alicyclic amines) is 1. The van der Waals surface area contributed by atoms with Crippen molar-refractivity contribution in [1.82, 2.24) is 15.4 Å². The number of rotatable bonds is 3. The number of hydrogen-bond donors (Lipinski definition) is 1. The Morgan fingerprint density at radius 1 is 1.22 bits per heavy atom. The van der Waals surface area contributed by atoms with Gasteiger partial charge in [-0.05, 0) is 25.0 Å². The molecule has 1 aliphatic heterocycles. The fourth-order valence-corrected chi connectivity index (χ4v) is 2.96. The molecule has 0 atom stereocenters. The highest BCUT2D eigenvalue weighted by Crippen LogP contribution is 2.27. The van der Waals surface area contributed by atoms with E-state index in [-0.39, 0.29) is 6.03 Å². The molecule has 1 aliphatic rings. The summed E-state index contributed by atoms with van der Waals surface area (Å²) in [6.45, 7) is 2.01. The highest BCUT2D eigenvalue weighted by Gasteiger charge is 2.16. The lowest BCUT2D eigenvalue weighted by molar-refractivity contribution is 0.199. The molecule has 1 saturated heterocycles. The Kier molecular flexibility index (Phi) is 5.18. The molecule has 5 nitrogen and oxygen atoms in total. The molecular formula is C17H20ClN3O2. The second kappa shape index (κ2) is 7.51. The van der Waals surface area contributed by atoms with Crippen LogP contribution in [0, 0.1) is 0 Å². The van der Waals surface area contributed by atoms with Crippen LogP contribution < -0.4 is 5.32 Å². The lowest BCUT2D eigenvalue weighted by Gasteiger charge is -2.20. The maximum Gasteiger partial charge on any atom is 0.317 e. The van der Waals surface area contributed by atoms with Gasteiger partial charge in [-0.15, -0.1) is 0 Å². The van der Waals surface area contributed by atoms with Gasteiger partial charge in [0, 0.05) is 24.7 Å². The summed E-state index contributed by atoms with van der Waals surface area (Å²) in [6, 6.07) is 9.22. The van der Waals surface area contributed by atoms with Crippen LogP contribution >= 0.6 is 11.6 Å². The molecule has 0 unspecified atom stereocenters. The van der Waals surface area contributed by atoms with E-state index < -0.39 is 0 Å². The molecule has 1 fully saturated rings. The maximum atomic E-state index is 12.2. The van der Waals surface area contributed by atoms with Crippen LogP contribution in [0.25, 0.3) is 11.3 Å². The van der Waals surface area contributed by atoms with Crippen LogP contribution in [0.2, 0.25) is 5.02 Å². The Balaban J connectivity index is 1.59. The molecule has 0 saturated carbocycles. The first-order valence-corrected chi connectivity index (χ1v) is 8.35. The Labute approximate surface area is 140 Å². The van der Waals surface area contributed by atoms with Gasteiger partial charge in [-0.1, -0.05) is 41.7 Å². The summed E-state index contributed by atoms with van der Waals surface area (Å²) in [6.07, 6.45) is 4.56. The number of nitrogens with one attached hydrogen (secondary N) is 1. The number of carbonyl (C=O) groups is 1. The van der Waals surface area contributed by atoms with E-state index in [0.717, 1.165) is 31.5 Å². The summed E-state index contributed by atoms with van der Waals surface area (Å²) in [5.74, 6) is 0.606. The Hall–Kier alpha value is -2.01. The molecular weight excluding hydrogens is 314 g/mol. The van der Waals surface area contributed by atoms with E-state index in [0.29, 0.717) is 23.0 Å². The minimum Gasteiger partial charge on any atom is -0.356 e. The minimum atomic E-state index is -0.0332. The van der Waals surface area contributed by atoms with E-state index >= 15 is 0 Å². The maximum absolute atomic E-state index is 12.2. The van der Waals surface area contributed by atoms with Gasteiger partial charge in [0.05, 0.1) is 11.6 Å². The normalized spacial score (nSPS) is 15.3. The van der Waals surface area contributed by atoms with Crippen molar-refractivity contribution in [1.29, 1.82) is 0 Å². The van der Waals surface area contributed by atoms with Crippen molar-refractivity contribution >= 4 is 17.6 Å². The monoisotopic (exact) mass is 333 g/mol. The van der Waals surface area contributed by atoms with Crippen LogP contribution in [0.1, 0.15) is 31.4 Å². The molecule has 2 heterocycles. The summed E-state index contributed by atoms with van der Waals surface area (Å²) in [5, 5.41) is 7.52. The molecule has 0 radical (unpaired) electrons. The first kappa shape index (κ1) is 15.9. The molecule has 122 valence electrons. The number of nitrogens with zero attached hydrogens (tertiary/aromatic N) is 2. The summed E-state index contributed by atoms with van der Waals surface area (Å²) in [4.78, 5) is 14.1. The van der Waals surface area contributed by atoms with Gasteiger partial charge in [-0.3, -0.25) is 0 Å². The number of halogens is 1. The van der Waals surface area contributed by atoms with Crippen LogP contribution in [0.5, 0.6) is 0 Å². The number of amides is 2. The van der Waals surface area contributed by atoms with E-state index in [2.05, 4.69) is 10.5 Å². The van der Waals surface area contributed by atoms with Crippen molar-refractivity contribution in [2.45, 2.75) is 32.2 Å². The van der Waals surface area contributed by atoms with E-state index in [1.54, 1.807) is 6.07 Å². The lowest BCUT2D eigenvalue weighted by atomic mass is 10.1. The SMILES string of the molecule is O=C(NCc1cc(-c2ccccc2Cl)on1)N1CCCCCC1. The van der Waals surface area contributed by atoms with Crippen LogP contribution in [0.4, 0.5) is 4.79 Å². The molecule has 1 aromatic carbocycles. The van der Waals surface area contributed by atoms with E-state index in [1.165, 1.54) is 12.8 Å². The van der Waals surface area contributed by atoms with Crippen LogP contribution in [0.3, 0.4) is 0 Å². The van der Waals surface area contributed by atoms with Gasteiger partial charge in [0.1, 0.15) is 5.69 Å². The first-order chi connectivity index (χ1) is 11.2. The summed E-state index contributed by atoms with van der Waals surface area (Å²) in [5.41, 5.74) is 1.48. The molecule has 6 heteroatoms. The fourth-order valence-electron chi connectivity index (χ4n) is 2.73. The highest BCUT2D eigenvalue weighted by atomic mass is 35.5. The van der Waals surface area contributed by atoms with Crippen LogP contribution in [0.15, 0.2) is 34.9 Å². The van der Waals surface area contributed by atoms with Gasteiger partial charge in [0.15, 0.2) is 5.76 Å². The van der Waals surface area contributed by atoms with Crippen molar-refractivity contribution in [3.05, 3.63) is 41.0 Å². The number of benzene rings is 1. The number of urea groups is 1. The quantitative estimate of drug-likeness (QED) is 0.920. The van der Waals surface area contributed by atoms with Crippen molar-refractivity contribution in [3.8, 4) is 11.3 Å². The zero-order valence-corrected chi connectivity index (χ0v) is 13.7. The molecule has 23 heavy (non-hydrogen) atoms. The topological polar surface area (TPSA) is 58.4 Å². The average molecular weight is 334 g/mol. The van der Waals surface area contributed by atoms with Crippen LogP contribution in [-0.4, -0.2) is 29.2 Å². The van der Waals surface area contributed by atoms with Gasteiger partial charge < -0.3 is 14.7 Å². The van der Waals surface area contributed by atoms with Crippen molar-refractivity contribution in [3.63, 3.8) is 0 Å². The second-order valence-electron chi connectivity index (χ2n) is 5.72. The van der Waals surface area contributed by atoms with E-state index in [9.17, 15) is 4.79 Å². The summed E-state index contributed by atoms with van der Waals surface area (Å²) >= 11 is 6.15. The van der Waals surface area contributed by atoms with Gasteiger partial charge >= 0.3 is 6.03 Å². The molecule has 0 bridgehead atoms. The second-order valence-corrected chi connectivity index (χ2v) is 6.13. The molecule has 1 aromatic heterocycles. The van der Waals surface area contributed by atoms with E-state index in [4.69, 9.17) is 16.1 Å². The predicted molar refractivity (Wildman–Crippen MR) is 89.2 cm³/mol. The standard InChI is InChI=1S/C17H20ClN3O2/c18-15-8-4-3-7-14(15)16-11-13(20-23-16)12-19-17(22)21-9-5-1-2-6-10-21/h3-4,7-8,11H,1-2,5-6,9-10,12H2,(H,19,22). The van der Waals surface area contributed by atoms with Gasteiger partial charge in [0.25, 0.3) is 0 Å². The Bertz CT molecular complexity index is 663. The summed E-state index contributed by atoms with van der Waals surface area (Å²) in [7, 11) is 0. The molecule has 0 aliphatic carbocycles. The van der Waals surface area contributed by atoms with Crippen molar-refractivity contribution in [2.24, 2.45) is 0 Å². The third kappa shape index (κ3) is 4.05. The van der Waals surface area contributed by atoms with Gasteiger partial charge in [0.2, 0.25) is 0 Å². The smallest absolute Gasteiger partial charge is 0.317 e. The Morgan fingerprint density at radius 3 is 2.70 bits per heavy atom. The summed E-state index contributed by atoms with van der Waals surface area (Å²) < 4.78 is 5.33. The predicted octanol–water partition coefficient (Wildman–Crippen LogP) is 4.08. The van der Waals surface area contributed by atoms with Crippen LogP contribution in [-0.2, 0) is 6.54 Å². The van der Waals surface area contributed by atoms with Crippen molar-refractivity contribution < 1.29 is 9.32 Å². The molecule has 2 amide bonds. The molecule has 2 aromatic rings. The third-order valence-electron chi connectivity index (χ3n) is 4.01. The Morgan fingerprint density at radius 2 is 1.96 bits per heavy atom. The van der Waals surface area contributed by atoms with Gasteiger partial charge in [-0.25, -0.2) is 4.79 Å². The molecule has 0 spiro atoms. The third-order valence-corrected chi connectivity index (χ3v) is 4.34. The average Bonchev–Trinajstić information content (AvgIpc) is 2.86. The zero-order valence-electron chi connectivity index (χ0n) is 12.9. The van der Waals surface area contributed by atoms with Crippen molar-refractivity contribution in [2.75, 3.05) is 13.1 Å². The largest absolute Gasteiger partial charge is 0.356 e. The molecule has 3 rings (SSSR count). The first-order valence-electron chi connectivity index (χ1n) is 7.97.